The zero-order chi connectivity index (χ0) is 25.9. The van der Waals surface area contributed by atoms with E-state index in [2.05, 4.69) is 41.2 Å². The second-order valence-corrected chi connectivity index (χ2v) is 8.54. The topological polar surface area (TPSA) is 78.0 Å². The van der Waals surface area contributed by atoms with Gasteiger partial charge in [-0.3, -0.25) is 0 Å². The predicted molar refractivity (Wildman–Crippen MR) is 146 cm³/mol. The molecule has 196 valence electrons. The van der Waals surface area contributed by atoms with Gasteiger partial charge in [-0.2, -0.15) is 0 Å². The van der Waals surface area contributed by atoms with Crippen LogP contribution in [0.5, 0.6) is 23.0 Å². The third-order valence-corrected chi connectivity index (χ3v) is 6.13. The fourth-order valence-corrected chi connectivity index (χ4v) is 4.01. The molecule has 1 N–H and O–H groups in total. The van der Waals surface area contributed by atoms with Crippen molar-refractivity contribution >= 4 is 11.6 Å². The van der Waals surface area contributed by atoms with Crippen LogP contribution in [0.4, 0.5) is 11.6 Å². The lowest BCUT2D eigenvalue weighted by atomic mass is 10.1. The van der Waals surface area contributed by atoms with Crippen molar-refractivity contribution in [2.45, 2.75) is 26.7 Å². The summed E-state index contributed by atoms with van der Waals surface area (Å²) in [6.45, 7) is 8.86. The molecule has 8 nitrogen and oxygen atoms in total. The molecular formula is C29H36N4O4. The number of likely N-dealkylation sites (N-methyl/N-ethyl adjacent to an activating group) is 1. The molecule has 1 aromatic heterocycles. The van der Waals surface area contributed by atoms with Crippen LogP contribution in [0.25, 0.3) is 11.3 Å². The number of benzene rings is 2. The van der Waals surface area contributed by atoms with Gasteiger partial charge in [0.1, 0.15) is 6.61 Å². The first kappa shape index (κ1) is 26.3. The van der Waals surface area contributed by atoms with Gasteiger partial charge in [0.05, 0.1) is 26.0 Å². The molecule has 0 amide bonds. The van der Waals surface area contributed by atoms with Gasteiger partial charge in [0.2, 0.25) is 5.95 Å². The van der Waals surface area contributed by atoms with Crippen molar-refractivity contribution in [2.75, 3.05) is 51.9 Å². The fraction of sp³-hybridized carbons (Fsp3) is 0.379. The molecule has 2 aromatic carbocycles. The van der Waals surface area contributed by atoms with Crippen LogP contribution in [0.1, 0.15) is 26.7 Å². The van der Waals surface area contributed by atoms with E-state index in [4.69, 9.17) is 23.9 Å². The van der Waals surface area contributed by atoms with Crippen LogP contribution in [0, 0.1) is 0 Å². The minimum absolute atomic E-state index is 0.487. The van der Waals surface area contributed by atoms with Gasteiger partial charge in [0.25, 0.3) is 0 Å². The van der Waals surface area contributed by atoms with Gasteiger partial charge in [0.15, 0.2) is 23.0 Å². The molecular weight excluding hydrogens is 468 g/mol. The van der Waals surface area contributed by atoms with Crippen LogP contribution in [0.2, 0.25) is 0 Å². The number of fused-ring (bicyclic) bond motifs is 7. The molecule has 6 bridgehead atoms. The molecule has 4 rings (SSSR count). The largest absolute Gasteiger partial charge is 0.493 e. The Kier molecular flexibility index (Phi) is 9.60. The van der Waals surface area contributed by atoms with E-state index in [-0.39, 0.29) is 0 Å². The third-order valence-electron chi connectivity index (χ3n) is 6.13. The van der Waals surface area contributed by atoms with E-state index in [1.807, 2.05) is 42.5 Å². The van der Waals surface area contributed by atoms with E-state index in [9.17, 15) is 0 Å². The number of anilines is 2. The Morgan fingerprint density at radius 1 is 0.919 bits per heavy atom. The van der Waals surface area contributed by atoms with Crippen molar-refractivity contribution in [1.29, 1.82) is 0 Å². The second-order valence-electron chi connectivity index (χ2n) is 8.54. The molecule has 37 heavy (non-hydrogen) atoms. The van der Waals surface area contributed by atoms with Gasteiger partial charge in [0, 0.05) is 30.1 Å². The summed E-state index contributed by atoms with van der Waals surface area (Å²) in [5.74, 6) is 3.28. The standard InChI is InChI=1S/C29H36N4O4/c1-4-33(5-2)16-19-37-26-13-11-23-21-28(26)36-18-9-7-6-8-17-35-27-20-22(10-12-25(27)34-3)24-14-15-30-29(31-23)32-24/h6-7,10-15,20-21H,4-5,8-9,16-19H2,1-3H3,(H,30,31,32)/b7-6+. The zero-order valence-corrected chi connectivity index (χ0v) is 21.9. The molecule has 0 saturated carbocycles. The number of methoxy groups -OCH3 is 1. The van der Waals surface area contributed by atoms with Gasteiger partial charge in [-0.05, 0) is 62.3 Å². The lowest BCUT2D eigenvalue weighted by Gasteiger charge is -2.19. The summed E-state index contributed by atoms with van der Waals surface area (Å²) < 4.78 is 23.7. The number of hydrogen-bond acceptors (Lipinski definition) is 8. The van der Waals surface area contributed by atoms with Gasteiger partial charge >= 0.3 is 0 Å². The number of nitrogens with zero attached hydrogens (tertiary/aromatic N) is 3. The Labute approximate surface area is 219 Å². The van der Waals surface area contributed by atoms with Gasteiger partial charge < -0.3 is 29.2 Å². The maximum Gasteiger partial charge on any atom is 0.227 e. The number of ether oxygens (including phenoxy) is 4. The molecule has 0 saturated heterocycles. The van der Waals surface area contributed by atoms with E-state index >= 15 is 0 Å². The van der Waals surface area contributed by atoms with E-state index in [1.165, 1.54) is 0 Å². The highest BCUT2D eigenvalue weighted by Crippen LogP contribution is 2.34. The summed E-state index contributed by atoms with van der Waals surface area (Å²) in [5.41, 5.74) is 2.51. The molecule has 0 spiro atoms. The first-order chi connectivity index (χ1) is 18.2. The zero-order valence-electron chi connectivity index (χ0n) is 21.9. The molecule has 1 aliphatic rings. The number of nitrogens with one attached hydrogen (secondary N) is 1. The van der Waals surface area contributed by atoms with Crippen molar-refractivity contribution < 1.29 is 18.9 Å². The highest BCUT2D eigenvalue weighted by molar-refractivity contribution is 5.66. The normalized spacial score (nSPS) is 14.4. The summed E-state index contributed by atoms with van der Waals surface area (Å²) in [6.07, 6.45) is 7.52. The Balaban J connectivity index is 1.60. The Morgan fingerprint density at radius 2 is 1.65 bits per heavy atom. The molecule has 3 aromatic rings. The molecule has 0 fully saturated rings. The van der Waals surface area contributed by atoms with E-state index in [0.717, 1.165) is 55.2 Å². The highest BCUT2D eigenvalue weighted by Gasteiger charge is 2.12. The van der Waals surface area contributed by atoms with Crippen LogP contribution in [0.3, 0.4) is 0 Å². The minimum atomic E-state index is 0.487. The summed E-state index contributed by atoms with van der Waals surface area (Å²) >= 11 is 0. The number of aromatic nitrogens is 2. The summed E-state index contributed by atoms with van der Waals surface area (Å²) in [5, 5.41) is 3.30. The molecule has 0 unspecified atom stereocenters. The van der Waals surface area contributed by atoms with Crippen LogP contribution in [0.15, 0.2) is 60.8 Å². The van der Waals surface area contributed by atoms with E-state index in [1.54, 1.807) is 13.3 Å². The first-order valence-corrected chi connectivity index (χ1v) is 12.9. The molecule has 8 heteroatoms. The summed E-state index contributed by atoms with van der Waals surface area (Å²) in [6, 6.07) is 13.5. The average molecular weight is 505 g/mol. The monoisotopic (exact) mass is 504 g/mol. The lowest BCUT2D eigenvalue weighted by molar-refractivity contribution is 0.213. The maximum atomic E-state index is 6.13. The van der Waals surface area contributed by atoms with Crippen LogP contribution < -0.4 is 24.3 Å². The molecule has 0 aliphatic carbocycles. The lowest BCUT2D eigenvalue weighted by Crippen LogP contribution is -2.28. The van der Waals surface area contributed by atoms with Gasteiger partial charge in [-0.25, -0.2) is 9.97 Å². The highest BCUT2D eigenvalue weighted by atomic mass is 16.5. The molecule has 1 aliphatic heterocycles. The molecule has 2 heterocycles. The van der Waals surface area contributed by atoms with Crippen molar-refractivity contribution in [3.8, 4) is 34.3 Å². The average Bonchev–Trinajstić information content (AvgIpc) is 2.93. The van der Waals surface area contributed by atoms with Crippen LogP contribution in [-0.4, -0.2) is 61.4 Å². The minimum Gasteiger partial charge on any atom is -0.493 e. The Bertz CT molecular complexity index is 1180. The smallest absolute Gasteiger partial charge is 0.227 e. The third kappa shape index (κ3) is 7.36. The van der Waals surface area contributed by atoms with Crippen LogP contribution >= 0.6 is 0 Å². The molecule has 0 atom stereocenters. The first-order valence-electron chi connectivity index (χ1n) is 12.9. The van der Waals surface area contributed by atoms with Crippen molar-refractivity contribution in [1.82, 2.24) is 14.9 Å². The Hall–Kier alpha value is -3.78. The van der Waals surface area contributed by atoms with Crippen molar-refractivity contribution in [3.05, 3.63) is 60.8 Å². The van der Waals surface area contributed by atoms with Gasteiger partial charge in [-0.1, -0.05) is 26.0 Å². The quantitative estimate of drug-likeness (QED) is 0.409. The second kappa shape index (κ2) is 13.5. The van der Waals surface area contributed by atoms with E-state index in [0.29, 0.717) is 43.0 Å². The number of hydrogen-bond donors (Lipinski definition) is 1. The Morgan fingerprint density at radius 3 is 2.38 bits per heavy atom. The summed E-state index contributed by atoms with van der Waals surface area (Å²) in [4.78, 5) is 11.5. The summed E-state index contributed by atoms with van der Waals surface area (Å²) in [7, 11) is 1.64. The maximum absolute atomic E-state index is 6.13. The van der Waals surface area contributed by atoms with Crippen molar-refractivity contribution in [3.63, 3.8) is 0 Å². The van der Waals surface area contributed by atoms with Crippen molar-refractivity contribution in [2.24, 2.45) is 0 Å². The fourth-order valence-electron chi connectivity index (χ4n) is 4.01. The molecule has 0 radical (unpaired) electrons. The predicted octanol–water partition coefficient (Wildman–Crippen LogP) is 5.72. The van der Waals surface area contributed by atoms with E-state index < -0.39 is 0 Å². The van der Waals surface area contributed by atoms with Crippen LogP contribution in [-0.2, 0) is 0 Å². The SMILES string of the molecule is CCN(CC)CCOc1ccc2cc1OCC/C=C/CCOc1cc(ccc1OC)-c1ccnc(n1)N2. The number of rotatable bonds is 7. The van der Waals surface area contributed by atoms with Gasteiger partial charge in [-0.15, -0.1) is 0 Å².